The molecular formula is C18H13NO4S2. The third kappa shape index (κ3) is 3.42. The fourth-order valence-corrected chi connectivity index (χ4v) is 3.74. The lowest BCUT2D eigenvalue weighted by atomic mass is 10.1. The standard InChI is InChI=1S/C18H13NO4S2/c1-10-3-2-4-11(7-10)8-15-16(21)19(18(24)25-15)12-5-6-14(20)13(9-12)17(22)23/h2-9,20H,1H3,(H,22,23)/b15-8-. The van der Waals surface area contributed by atoms with Crippen LogP contribution < -0.4 is 4.90 Å². The number of hydrogen-bond acceptors (Lipinski definition) is 5. The highest BCUT2D eigenvalue weighted by Gasteiger charge is 2.33. The third-order valence-electron chi connectivity index (χ3n) is 3.60. The summed E-state index contributed by atoms with van der Waals surface area (Å²) in [4.78, 5) is 25.6. The maximum Gasteiger partial charge on any atom is 0.339 e. The van der Waals surface area contributed by atoms with Crippen LogP contribution in [0.3, 0.4) is 0 Å². The van der Waals surface area contributed by atoms with Gasteiger partial charge in [-0.1, -0.05) is 53.8 Å². The number of anilines is 1. The van der Waals surface area contributed by atoms with Gasteiger partial charge in [0.15, 0.2) is 4.32 Å². The minimum atomic E-state index is -1.28. The lowest BCUT2D eigenvalue weighted by Crippen LogP contribution is -2.27. The Morgan fingerprint density at radius 3 is 2.68 bits per heavy atom. The highest BCUT2D eigenvalue weighted by molar-refractivity contribution is 8.27. The first-order valence-electron chi connectivity index (χ1n) is 7.28. The molecule has 0 unspecified atom stereocenters. The number of carbonyl (C=O) groups excluding carboxylic acids is 1. The van der Waals surface area contributed by atoms with Gasteiger partial charge in [-0.25, -0.2) is 4.79 Å². The number of rotatable bonds is 3. The molecule has 1 aliphatic rings. The van der Waals surface area contributed by atoms with Gasteiger partial charge in [-0.2, -0.15) is 0 Å². The van der Waals surface area contributed by atoms with E-state index in [1.54, 1.807) is 6.08 Å². The minimum Gasteiger partial charge on any atom is -0.507 e. The van der Waals surface area contributed by atoms with E-state index in [1.165, 1.54) is 23.1 Å². The number of nitrogens with zero attached hydrogens (tertiary/aromatic N) is 1. The van der Waals surface area contributed by atoms with Crippen LogP contribution in [-0.4, -0.2) is 26.4 Å². The Labute approximate surface area is 153 Å². The summed E-state index contributed by atoms with van der Waals surface area (Å²) >= 11 is 6.43. The maximum absolute atomic E-state index is 12.7. The molecule has 1 aliphatic heterocycles. The number of thioether (sulfide) groups is 1. The van der Waals surface area contributed by atoms with E-state index in [9.17, 15) is 14.7 Å². The van der Waals surface area contributed by atoms with Crippen molar-refractivity contribution in [2.45, 2.75) is 6.92 Å². The molecule has 0 aliphatic carbocycles. The highest BCUT2D eigenvalue weighted by Crippen LogP contribution is 2.37. The molecule has 2 aromatic rings. The van der Waals surface area contributed by atoms with Gasteiger partial charge >= 0.3 is 5.97 Å². The molecule has 0 radical (unpaired) electrons. The van der Waals surface area contributed by atoms with E-state index in [1.807, 2.05) is 31.2 Å². The number of thiocarbonyl (C=S) groups is 1. The number of amides is 1. The third-order valence-corrected chi connectivity index (χ3v) is 4.90. The molecule has 25 heavy (non-hydrogen) atoms. The lowest BCUT2D eigenvalue weighted by Gasteiger charge is -2.15. The lowest BCUT2D eigenvalue weighted by molar-refractivity contribution is -0.113. The van der Waals surface area contributed by atoms with E-state index in [0.717, 1.165) is 22.9 Å². The smallest absolute Gasteiger partial charge is 0.339 e. The first-order chi connectivity index (χ1) is 11.9. The average Bonchev–Trinajstić information content (AvgIpc) is 2.82. The molecule has 3 rings (SSSR count). The topological polar surface area (TPSA) is 77.8 Å². The Morgan fingerprint density at radius 2 is 2.00 bits per heavy atom. The first-order valence-corrected chi connectivity index (χ1v) is 8.50. The molecular weight excluding hydrogens is 358 g/mol. The first kappa shape index (κ1) is 17.2. The molecule has 2 aromatic carbocycles. The van der Waals surface area contributed by atoms with Crippen molar-refractivity contribution in [3.05, 3.63) is 64.1 Å². The Hall–Kier alpha value is -2.64. The number of carbonyl (C=O) groups is 2. The number of carboxylic acids is 1. The van der Waals surface area contributed by atoms with Gasteiger partial charge in [0.25, 0.3) is 5.91 Å². The number of hydrogen-bond donors (Lipinski definition) is 2. The van der Waals surface area contributed by atoms with Gasteiger partial charge in [-0.05, 0) is 36.8 Å². The highest BCUT2D eigenvalue weighted by atomic mass is 32.2. The summed E-state index contributed by atoms with van der Waals surface area (Å²) in [6, 6.07) is 11.6. The summed E-state index contributed by atoms with van der Waals surface area (Å²) in [5.74, 6) is -1.96. The fourth-order valence-electron chi connectivity index (χ4n) is 2.44. The molecule has 1 amide bonds. The molecule has 1 saturated heterocycles. The van der Waals surface area contributed by atoms with Crippen LogP contribution in [0.15, 0.2) is 47.4 Å². The Morgan fingerprint density at radius 1 is 1.24 bits per heavy atom. The maximum atomic E-state index is 12.7. The summed E-state index contributed by atoms with van der Waals surface area (Å²) in [6.07, 6.45) is 1.75. The van der Waals surface area contributed by atoms with Crippen LogP contribution in [0.2, 0.25) is 0 Å². The number of aromatic hydroxyl groups is 1. The predicted octanol–water partition coefficient (Wildman–Crippen LogP) is 3.80. The average molecular weight is 371 g/mol. The van der Waals surface area contributed by atoms with Crippen molar-refractivity contribution in [3.63, 3.8) is 0 Å². The summed E-state index contributed by atoms with van der Waals surface area (Å²) < 4.78 is 0.311. The van der Waals surface area contributed by atoms with Crippen LogP contribution in [0.4, 0.5) is 5.69 Å². The zero-order valence-electron chi connectivity index (χ0n) is 13.1. The molecule has 0 saturated carbocycles. The molecule has 0 atom stereocenters. The summed E-state index contributed by atoms with van der Waals surface area (Å²) in [5.41, 5.74) is 1.99. The van der Waals surface area contributed by atoms with E-state index in [2.05, 4.69) is 0 Å². The molecule has 0 spiro atoms. The van der Waals surface area contributed by atoms with Gasteiger partial charge in [-0.3, -0.25) is 9.69 Å². The van der Waals surface area contributed by atoms with Crippen molar-refractivity contribution in [2.75, 3.05) is 4.90 Å². The van der Waals surface area contributed by atoms with Crippen molar-refractivity contribution in [1.29, 1.82) is 0 Å². The van der Waals surface area contributed by atoms with Crippen molar-refractivity contribution in [1.82, 2.24) is 0 Å². The van der Waals surface area contributed by atoms with Crippen LogP contribution in [-0.2, 0) is 4.79 Å². The number of carboxylic acid groups (broad SMARTS) is 1. The van der Waals surface area contributed by atoms with Gasteiger partial charge < -0.3 is 10.2 Å². The molecule has 126 valence electrons. The number of aryl methyl sites for hydroxylation is 1. The molecule has 0 aromatic heterocycles. The molecule has 0 bridgehead atoms. The number of aromatic carboxylic acids is 1. The largest absolute Gasteiger partial charge is 0.507 e. The van der Waals surface area contributed by atoms with Crippen LogP contribution in [0, 0.1) is 6.92 Å². The zero-order valence-corrected chi connectivity index (χ0v) is 14.7. The van der Waals surface area contributed by atoms with E-state index in [4.69, 9.17) is 17.3 Å². The number of benzene rings is 2. The van der Waals surface area contributed by atoms with Crippen LogP contribution in [0.1, 0.15) is 21.5 Å². The summed E-state index contributed by atoms with van der Waals surface area (Å²) in [5, 5.41) is 18.7. The van der Waals surface area contributed by atoms with Gasteiger partial charge in [0.05, 0.1) is 10.6 Å². The minimum absolute atomic E-state index is 0.283. The Kier molecular flexibility index (Phi) is 4.61. The van der Waals surface area contributed by atoms with E-state index in [-0.39, 0.29) is 17.2 Å². The van der Waals surface area contributed by atoms with Crippen molar-refractivity contribution in [2.24, 2.45) is 0 Å². The van der Waals surface area contributed by atoms with Gasteiger partial charge in [0, 0.05) is 0 Å². The Balaban J connectivity index is 1.97. The van der Waals surface area contributed by atoms with E-state index in [0.29, 0.717) is 14.9 Å². The monoisotopic (exact) mass is 371 g/mol. The Bertz CT molecular complexity index is 936. The fraction of sp³-hybridized carbons (Fsp3) is 0.0556. The van der Waals surface area contributed by atoms with E-state index < -0.39 is 5.97 Å². The van der Waals surface area contributed by atoms with Crippen LogP contribution in [0.25, 0.3) is 6.08 Å². The van der Waals surface area contributed by atoms with Gasteiger partial charge in [0.1, 0.15) is 11.3 Å². The second-order valence-electron chi connectivity index (χ2n) is 5.44. The molecule has 1 fully saturated rings. The molecule has 5 nitrogen and oxygen atoms in total. The van der Waals surface area contributed by atoms with Crippen molar-refractivity contribution < 1.29 is 19.8 Å². The molecule has 2 N–H and O–H groups in total. The van der Waals surface area contributed by atoms with Gasteiger partial charge in [0.2, 0.25) is 0 Å². The summed E-state index contributed by atoms with van der Waals surface area (Å²) in [6.45, 7) is 1.96. The second-order valence-corrected chi connectivity index (χ2v) is 7.11. The zero-order chi connectivity index (χ0) is 18.1. The molecule has 7 heteroatoms. The molecule has 1 heterocycles. The van der Waals surface area contributed by atoms with Crippen molar-refractivity contribution >= 4 is 51.9 Å². The van der Waals surface area contributed by atoms with Crippen molar-refractivity contribution in [3.8, 4) is 5.75 Å². The normalized spacial score (nSPS) is 15.9. The van der Waals surface area contributed by atoms with Gasteiger partial charge in [-0.15, -0.1) is 0 Å². The number of phenols is 1. The van der Waals surface area contributed by atoms with Crippen LogP contribution >= 0.6 is 24.0 Å². The quantitative estimate of drug-likeness (QED) is 0.631. The SMILES string of the molecule is Cc1cccc(/C=C2\SC(=S)N(c3ccc(O)c(C(=O)O)c3)C2=O)c1. The summed E-state index contributed by atoms with van der Waals surface area (Å²) in [7, 11) is 0. The second kappa shape index (κ2) is 6.70. The van der Waals surface area contributed by atoms with Crippen LogP contribution in [0.5, 0.6) is 5.75 Å². The van der Waals surface area contributed by atoms with E-state index >= 15 is 0 Å². The predicted molar refractivity (Wildman–Crippen MR) is 102 cm³/mol.